The minimum absolute atomic E-state index is 0.173. The Labute approximate surface area is 193 Å². The van der Waals surface area contributed by atoms with E-state index in [9.17, 15) is 14.3 Å². The van der Waals surface area contributed by atoms with Gasteiger partial charge in [0.15, 0.2) is 0 Å². The number of rotatable bonds is 8. The van der Waals surface area contributed by atoms with Crippen molar-refractivity contribution < 1.29 is 14.3 Å². The molecule has 1 aromatic rings. The first-order valence-electron chi connectivity index (χ1n) is 13.3. The fraction of sp³-hybridized carbons (Fsp3) is 0.750. The van der Waals surface area contributed by atoms with Gasteiger partial charge in [-0.05, 0) is 86.3 Å². The molecule has 3 fully saturated rings. The van der Waals surface area contributed by atoms with Gasteiger partial charge in [-0.1, -0.05) is 50.7 Å². The monoisotopic (exact) mass is 443 g/mol. The largest absolute Gasteiger partial charge is 0.481 e. The molecule has 0 heterocycles. The summed E-state index contributed by atoms with van der Waals surface area (Å²) in [4.78, 5) is 14.2. The van der Waals surface area contributed by atoms with Gasteiger partial charge < -0.3 is 5.11 Å². The fourth-order valence-electron chi connectivity index (χ4n) is 6.95. The average molecular weight is 444 g/mol. The summed E-state index contributed by atoms with van der Waals surface area (Å²) in [5, 5.41) is 9.40. The van der Waals surface area contributed by atoms with Crippen LogP contribution in [0, 0.1) is 23.6 Å². The quantitative estimate of drug-likeness (QED) is 0.469. The fourth-order valence-corrected chi connectivity index (χ4v) is 6.95. The molecular formula is C28H42FNO2. The van der Waals surface area contributed by atoms with Crippen LogP contribution >= 0.6 is 0 Å². The number of carboxylic acids is 1. The Kier molecular flexibility index (Phi) is 8.62. The van der Waals surface area contributed by atoms with Crippen LogP contribution in [0.5, 0.6) is 0 Å². The first kappa shape index (κ1) is 23.7. The van der Waals surface area contributed by atoms with Crippen LogP contribution in [0.15, 0.2) is 24.3 Å². The van der Waals surface area contributed by atoms with Crippen LogP contribution in [0.1, 0.15) is 101 Å². The van der Waals surface area contributed by atoms with Crippen molar-refractivity contribution in [2.75, 3.05) is 13.1 Å². The normalized spacial score (nSPS) is 28.1. The van der Waals surface area contributed by atoms with Gasteiger partial charge in [-0.15, -0.1) is 0 Å². The van der Waals surface area contributed by atoms with E-state index >= 15 is 0 Å². The molecule has 0 spiro atoms. The molecule has 0 amide bonds. The molecule has 0 saturated heterocycles. The number of carboxylic acid groups (broad SMARTS) is 1. The third-order valence-corrected chi connectivity index (χ3v) is 8.57. The second-order valence-corrected chi connectivity index (χ2v) is 11.0. The molecule has 178 valence electrons. The van der Waals surface area contributed by atoms with Crippen LogP contribution in [0.25, 0.3) is 0 Å². The topological polar surface area (TPSA) is 40.5 Å². The van der Waals surface area contributed by atoms with Crippen LogP contribution < -0.4 is 0 Å². The number of benzene rings is 1. The molecule has 3 aliphatic carbocycles. The summed E-state index contributed by atoms with van der Waals surface area (Å²) in [6.45, 7) is 2.35. The molecule has 0 bridgehead atoms. The highest BCUT2D eigenvalue weighted by Gasteiger charge is 2.37. The number of hydrogen-bond donors (Lipinski definition) is 1. The minimum Gasteiger partial charge on any atom is -0.481 e. The van der Waals surface area contributed by atoms with E-state index in [1.807, 2.05) is 6.07 Å². The molecule has 32 heavy (non-hydrogen) atoms. The Morgan fingerprint density at radius 3 is 2.06 bits per heavy atom. The van der Waals surface area contributed by atoms with Gasteiger partial charge in [0.1, 0.15) is 5.82 Å². The first-order chi connectivity index (χ1) is 15.6. The molecule has 3 aliphatic rings. The van der Waals surface area contributed by atoms with Gasteiger partial charge >= 0.3 is 5.97 Å². The van der Waals surface area contributed by atoms with Gasteiger partial charge in [-0.2, -0.15) is 0 Å². The van der Waals surface area contributed by atoms with Crippen LogP contribution in [0.2, 0.25) is 0 Å². The van der Waals surface area contributed by atoms with Crippen molar-refractivity contribution in [3.63, 3.8) is 0 Å². The molecule has 3 unspecified atom stereocenters. The van der Waals surface area contributed by atoms with Crippen molar-refractivity contribution in [2.45, 2.75) is 102 Å². The van der Waals surface area contributed by atoms with E-state index in [0.717, 1.165) is 36.7 Å². The van der Waals surface area contributed by atoms with Crippen molar-refractivity contribution in [3.05, 3.63) is 35.6 Å². The maximum Gasteiger partial charge on any atom is 0.303 e. The van der Waals surface area contributed by atoms with E-state index in [4.69, 9.17) is 0 Å². The summed E-state index contributed by atoms with van der Waals surface area (Å²) in [5.74, 6) is 1.13. The zero-order chi connectivity index (χ0) is 22.3. The lowest BCUT2D eigenvalue weighted by atomic mass is 9.72. The lowest BCUT2D eigenvalue weighted by Gasteiger charge is -2.45. The van der Waals surface area contributed by atoms with E-state index in [1.165, 1.54) is 83.4 Å². The second kappa shape index (κ2) is 11.6. The molecule has 0 aromatic heterocycles. The highest BCUT2D eigenvalue weighted by atomic mass is 19.1. The van der Waals surface area contributed by atoms with Crippen molar-refractivity contribution in [3.8, 4) is 0 Å². The summed E-state index contributed by atoms with van der Waals surface area (Å²) >= 11 is 0. The Morgan fingerprint density at radius 1 is 0.875 bits per heavy atom. The lowest BCUT2D eigenvalue weighted by molar-refractivity contribution is -0.138. The summed E-state index contributed by atoms with van der Waals surface area (Å²) in [6, 6.07) is 7.54. The molecule has 0 aliphatic heterocycles. The number of nitrogens with zero attached hydrogens (tertiary/aromatic N) is 1. The van der Waals surface area contributed by atoms with Gasteiger partial charge in [-0.25, -0.2) is 4.39 Å². The predicted octanol–water partition coefficient (Wildman–Crippen LogP) is 7.02. The third-order valence-electron chi connectivity index (χ3n) is 8.57. The highest BCUT2D eigenvalue weighted by molar-refractivity contribution is 5.67. The van der Waals surface area contributed by atoms with Crippen LogP contribution in [-0.4, -0.2) is 35.1 Å². The number of halogens is 1. The smallest absolute Gasteiger partial charge is 0.303 e. The van der Waals surface area contributed by atoms with Crippen molar-refractivity contribution in [1.82, 2.24) is 4.90 Å². The van der Waals surface area contributed by atoms with Crippen molar-refractivity contribution >= 4 is 5.97 Å². The van der Waals surface area contributed by atoms with E-state index in [1.54, 1.807) is 6.07 Å². The molecule has 0 radical (unpaired) electrons. The van der Waals surface area contributed by atoms with Crippen LogP contribution in [0.3, 0.4) is 0 Å². The van der Waals surface area contributed by atoms with E-state index in [-0.39, 0.29) is 24.1 Å². The summed E-state index contributed by atoms with van der Waals surface area (Å²) in [5.41, 5.74) is 1.07. The van der Waals surface area contributed by atoms with Gasteiger partial charge in [0.25, 0.3) is 0 Å². The Balaban J connectivity index is 1.56. The minimum atomic E-state index is -0.701. The third kappa shape index (κ3) is 6.56. The first-order valence-corrected chi connectivity index (χ1v) is 13.3. The average Bonchev–Trinajstić information content (AvgIpc) is 2.80. The maximum atomic E-state index is 14.2. The van der Waals surface area contributed by atoms with Crippen LogP contribution in [-0.2, 0) is 4.79 Å². The van der Waals surface area contributed by atoms with Gasteiger partial charge in [0.2, 0.25) is 0 Å². The Hall–Kier alpha value is -1.42. The molecule has 1 aromatic carbocycles. The summed E-state index contributed by atoms with van der Waals surface area (Å²) in [7, 11) is 0. The van der Waals surface area contributed by atoms with Crippen LogP contribution in [0.4, 0.5) is 4.39 Å². The molecular weight excluding hydrogens is 401 g/mol. The zero-order valence-electron chi connectivity index (χ0n) is 19.7. The molecule has 4 rings (SSSR count). The molecule has 3 atom stereocenters. The van der Waals surface area contributed by atoms with E-state index in [2.05, 4.69) is 11.0 Å². The highest BCUT2D eigenvalue weighted by Crippen LogP contribution is 2.42. The second-order valence-electron chi connectivity index (χ2n) is 11.0. The molecule has 3 saturated carbocycles. The number of aliphatic carboxylic acids is 1. The standard InChI is InChI=1S/C28H42FNO2/c29-25-13-7-12-24(18-25)26-16-23(17-28(31)32)14-15-27(26)30(19-21-8-3-1-4-9-21)20-22-10-5-2-6-11-22/h7,12-13,18,21-23,26-27H,1-6,8-11,14-17,19-20H2,(H,31,32). The summed E-state index contributed by atoms with van der Waals surface area (Å²) in [6.07, 6.45) is 16.7. The maximum absolute atomic E-state index is 14.2. The molecule has 1 N–H and O–H groups in total. The van der Waals surface area contributed by atoms with Crippen molar-refractivity contribution in [2.24, 2.45) is 17.8 Å². The predicted molar refractivity (Wildman–Crippen MR) is 127 cm³/mol. The molecule has 3 nitrogen and oxygen atoms in total. The van der Waals surface area contributed by atoms with Crippen molar-refractivity contribution in [1.29, 1.82) is 0 Å². The Morgan fingerprint density at radius 2 is 1.50 bits per heavy atom. The SMILES string of the molecule is O=C(O)CC1CCC(N(CC2CCCCC2)CC2CCCCC2)C(c2cccc(F)c2)C1. The number of hydrogen-bond acceptors (Lipinski definition) is 2. The van der Waals surface area contributed by atoms with E-state index < -0.39 is 5.97 Å². The Bertz CT molecular complexity index is 706. The summed E-state index contributed by atoms with van der Waals surface area (Å²) < 4.78 is 14.2. The zero-order valence-corrected chi connectivity index (χ0v) is 19.7. The molecule has 4 heteroatoms. The lowest BCUT2D eigenvalue weighted by Crippen LogP contribution is -2.47. The number of carbonyl (C=O) groups is 1. The van der Waals surface area contributed by atoms with Gasteiger partial charge in [0, 0.05) is 25.6 Å². The van der Waals surface area contributed by atoms with Gasteiger partial charge in [-0.3, -0.25) is 9.69 Å². The van der Waals surface area contributed by atoms with Gasteiger partial charge in [0.05, 0.1) is 0 Å². The van der Waals surface area contributed by atoms with E-state index in [0.29, 0.717) is 6.04 Å².